The van der Waals surface area contributed by atoms with Crippen LogP contribution in [0.25, 0.3) is 0 Å². The zero-order chi connectivity index (χ0) is 14.3. The monoisotopic (exact) mass is 274 g/mol. The largest absolute Gasteiger partial charge is 0.463 e. The van der Waals surface area contributed by atoms with Crippen LogP contribution in [-0.4, -0.2) is 51.1 Å². The lowest BCUT2D eigenvalue weighted by Gasteiger charge is -2.21. The van der Waals surface area contributed by atoms with E-state index in [1.807, 2.05) is 13.8 Å². The maximum atomic E-state index is 11.3. The molecule has 2 atom stereocenters. The molecule has 0 aromatic rings. The van der Waals surface area contributed by atoms with Crippen LogP contribution in [0.1, 0.15) is 20.8 Å². The predicted molar refractivity (Wildman–Crippen MR) is 67.4 cm³/mol. The van der Waals surface area contributed by atoms with Gasteiger partial charge in [-0.2, -0.15) is 0 Å². The van der Waals surface area contributed by atoms with E-state index >= 15 is 0 Å². The molecular weight excluding hydrogens is 252 g/mol. The predicted octanol–water partition coefficient (Wildman–Crippen LogP) is 1.25. The summed E-state index contributed by atoms with van der Waals surface area (Å²) in [5, 5.41) is 0. The normalized spacial score (nSPS) is 23.7. The fourth-order valence-electron chi connectivity index (χ4n) is 1.67. The van der Waals surface area contributed by atoms with Crippen LogP contribution in [0.15, 0.2) is 12.2 Å². The summed E-state index contributed by atoms with van der Waals surface area (Å²) >= 11 is 0. The van der Waals surface area contributed by atoms with E-state index in [9.17, 15) is 4.79 Å². The molecule has 1 aliphatic heterocycles. The zero-order valence-corrected chi connectivity index (χ0v) is 11.9. The topological polar surface area (TPSA) is 63.2 Å². The van der Waals surface area contributed by atoms with Crippen molar-refractivity contribution in [2.75, 3.05) is 27.1 Å². The average Bonchev–Trinajstić information content (AvgIpc) is 2.70. The minimum atomic E-state index is -0.642. The Morgan fingerprint density at radius 2 is 2.26 bits per heavy atom. The van der Waals surface area contributed by atoms with Gasteiger partial charge in [0.1, 0.15) is 19.0 Å². The van der Waals surface area contributed by atoms with Crippen LogP contribution in [0.2, 0.25) is 0 Å². The number of carbonyl (C=O) groups is 1. The van der Waals surface area contributed by atoms with E-state index in [0.29, 0.717) is 13.2 Å². The molecule has 1 aliphatic rings. The van der Waals surface area contributed by atoms with Gasteiger partial charge in [0.25, 0.3) is 0 Å². The van der Waals surface area contributed by atoms with E-state index in [2.05, 4.69) is 0 Å². The van der Waals surface area contributed by atoms with Crippen molar-refractivity contribution >= 4 is 5.97 Å². The summed E-state index contributed by atoms with van der Waals surface area (Å²) in [6.07, 6.45) is 2.23. The molecule has 0 aromatic heterocycles. The first kappa shape index (κ1) is 16.1. The summed E-state index contributed by atoms with van der Waals surface area (Å²) in [6, 6.07) is 0. The molecule has 1 heterocycles. The number of rotatable bonds is 7. The van der Waals surface area contributed by atoms with Crippen LogP contribution >= 0.6 is 0 Å². The second kappa shape index (κ2) is 7.59. The maximum absolute atomic E-state index is 11.3. The van der Waals surface area contributed by atoms with Crippen LogP contribution < -0.4 is 0 Å². The van der Waals surface area contributed by atoms with Gasteiger partial charge in [0, 0.05) is 13.2 Å². The highest BCUT2D eigenvalue weighted by Crippen LogP contribution is 2.25. The van der Waals surface area contributed by atoms with E-state index in [4.69, 9.17) is 23.7 Å². The standard InChI is InChI=1S/C13H22O6/c1-5-16-12(14)7-6-10(17-9-15-4)11-8-18-13(2,3)19-11/h6-7,10-11H,5,8-9H2,1-4H3/b7-6+/t10-,11-/m0/s1. The second-order valence-corrected chi connectivity index (χ2v) is 4.52. The van der Waals surface area contributed by atoms with E-state index in [1.165, 1.54) is 13.2 Å². The van der Waals surface area contributed by atoms with Crippen molar-refractivity contribution in [3.8, 4) is 0 Å². The number of methoxy groups -OCH3 is 1. The number of carbonyl (C=O) groups excluding carboxylic acids is 1. The van der Waals surface area contributed by atoms with Crippen molar-refractivity contribution in [1.29, 1.82) is 0 Å². The Balaban J connectivity index is 2.59. The van der Waals surface area contributed by atoms with Crippen LogP contribution in [0.4, 0.5) is 0 Å². The highest BCUT2D eigenvalue weighted by molar-refractivity contribution is 5.81. The van der Waals surface area contributed by atoms with Crippen molar-refractivity contribution in [2.24, 2.45) is 0 Å². The van der Waals surface area contributed by atoms with Crippen LogP contribution in [0.5, 0.6) is 0 Å². The minimum absolute atomic E-state index is 0.109. The molecule has 0 radical (unpaired) electrons. The van der Waals surface area contributed by atoms with Crippen molar-refractivity contribution in [1.82, 2.24) is 0 Å². The number of hydrogen-bond acceptors (Lipinski definition) is 6. The number of esters is 1. The highest BCUT2D eigenvalue weighted by Gasteiger charge is 2.37. The highest BCUT2D eigenvalue weighted by atomic mass is 16.8. The minimum Gasteiger partial charge on any atom is -0.463 e. The Morgan fingerprint density at radius 3 is 2.79 bits per heavy atom. The molecule has 1 fully saturated rings. The summed E-state index contributed by atoms with van der Waals surface area (Å²) in [5.41, 5.74) is 0. The summed E-state index contributed by atoms with van der Waals surface area (Å²) in [4.78, 5) is 11.3. The average molecular weight is 274 g/mol. The SMILES string of the molecule is CCOC(=O)/C=C/[C@H](OCOC)[C@@H]1COC(C)(C)O1. The first-order valence-electron chi connectivity index (χ1n) is 6.25. The molecule has 1 saturated heterocycles. The molecule has 6 nitrogen and oxygen atoms in total. The lowest BCUT2D eigenvalue weighted by atomic mass is 10.2. The Bertz CT molecular complexity index is 312. The van der Waals surface area contributed by atoms with Crippen molar-refractivity contribution in [3.05, 3.63) is 12.2 Å². The van der Waals surface area contributed by atoms with Gasteiger partial charge in [0.15, 0.2) is 5.79 Å². The fraction of sp³-hybridized carbons (Fsp3) is 0.769. The van der Waals surface area contributed by atoms with Gasteiger partial charge in [0.2, 0.25) is 0 Å². The third-order valence-electron chi connectivity index (χ3n) is 2.48. The van der Waals surface area contributed by atoms with Gasteiger partial charge < -0.3 is 23.7 Å². The van der Waals surface area contributed by atoms with Gasteiger partial charge in [-0.3, -0.25) is 0 Å². The molecule has 19 heavy (non-hydrogen) atoms. The van der Waals surface area contributed by atoms with Crippen molar-refractivity contribution in [2.45, 2.75) is 38.8 Å². The molecule has 0 aromatic carbocycles. The first-order valence-corrected chi connectivity index (χ1v) is 6.25. The van der Waals surface area contributed by atoms with Gasteiger partial charge >= 0.3 is 5.97 Å². The Kier molecular flexibility index (Phi) is 6.44. The molecule has 1 rings (SSSR count). The molecule has 0 aliphatic carbocycles. The third-order valence-corrected chi connectivity index (χ3v) is 2.48. The summed E-state index contributed by atoms with van der Waals surface area (Å²) in [7, 11) is 1.53. The van der Waals surface area contributed by atoms with Gasteiger partial charge in [-0.15, -0.1) is 0 Å². The third kappa shape index (κ3) is 5.69. The molecule has 0 unspecified atom stereocenters. The Hall–Kier alpha value is -0.950. The van der Waals surface area contributed by atoms with Crippen LogP contribution in [0.3, 0.4) is 0 Å². The summed E-state index contributed by atoms with van der Waals surface area (Å²) in [5.74, 6) is -1.05. The second-order valence-electron chi connectivity index (χ2n) is 4.52. The quantitative estimate of drug-likeness (QED) is 0.395. The van der Waals surface area contributed by atoms with Gasteiger partial charge in [-0.05, 0) is 26.8 Å². The van der Waals surface area contributed by atoms with Crippen molar-refractivity contribution in [3.63, 3.8) is 0 Å². The lowest BCUT2D eigenvalue weighted by Crippen LogP contribution is -2.32. The zero-order valence-electron chi connectivity index (χ0n) is 11.9. The molecule has 0 saturated carbocycles. The van der Waals surface area contributed by atoms with Gasteiger partial charge in [-0.25, -0.2) is 4.79 Å². The van der Waals surface area contributed by atoms with E-state index in [-0.39, 0.29) is 12.9 Å². The van der Waals surface area contributed by atoms with E-state index in [1.54, 1.807) is 13.0 Å². The lowest BCUT2D eigenvalue weighted by molar-refractivity contribution is -0.161. The summed E-state index contributed by atoms with van der Waals surface area (Å²) in [6.45, 7) is 6.25. The fourth-order valence-corrected chi connectivity index (χ4v) is 1.67. The molecule has 0 amide bonds. The molecular formula is C13H22O6. The van der Waals surface area contributed by atoms with Crippen molar-refractivity contribution < 1.29 is 28.5 Å². The summed E-state index contributed by atoms with van der Waals surface area (Å²) < 4.78 is 26.3. The van der Waals surface area contributed by atoms with Crippen LogP contribution in [-0.2, 0) is 28.5 Å². The smallest absolute Gasteiger partial charge is 0.330 e. The number of hydrogen-bond donors (Lipinski definition) is 0. The molecule has 6 heteroatoms. The molecule has 110 valence electrons. The number of ether oxygens (including phenoxy) is 5. The van der Waals surface area contributed by atoms with Gasteiger partial charge in [-0.1, -0.05) is 0 Å². The molecule has 0 spiro atoms. The Labute approximate surface area is 113 Å². The first-order chi connectivity index (χ1) is 8.98. The van der Waals surface area contributed by atoms with E-state index < -0.39 is 17.9 Å². The van der Waals surface area contributed by atoms with Crippen LogP contribution in [0, 0.1) is 0 Å². The van der Waals surface area contributed by atoms with E-state index in [0.717, 1.165) is 0 Å². The molecule has 0 N–H and O–H groups in total. The van der Waals surface area contributed by atoms with Gasteiger partial charge in [0.05, 0.1) is 13.2 Å². The maximum Gasteiger partial charge on any atom is 0.330 e. The molecule has 0 bridgehead atoms. The Morgan fingerprint density at radius 1 is 1.53 bits per heavy atom.